The molecular weight excluding hydrogens is 270 g/mol. The molecule has 0 saturated heterocycles. The van der Waals surface area contributed by atoms with Gasteiger partial charge in [0.2, 0.25) is 11.8 Å². The standard InChI is InChI=1S/C15H21N3OS/c1-3-11-8-12-13(19-9-10-6-4-5-7-10)17-15(16-2)18-14(12)20-11/h8,10H,3-7,9H2,1-2H3,(H,16,17,18). The van der Waals surface area contributed by atoms with Crippen LogP contribution < -0.4 is 10.1 Å². The van der Waals surface area contributed by atoms with Crippen molar-refractivity contribution in [1.29, 1.82) is 0 Å². The third-order valence-corrected chi connectivity index (χ3v) is 5.08. The quantitative estimate of drug-likeness (QED) is 0.908. The fourth-order valence-electron chi connectivity index (χ4n) is 2.72. The lowest BCUT2D eigenvalue weighted by atomic mass is 10.1. The molecule has 1 aliphatic rings. The van der Waals surface area contributed by atoms with Crippen LogP contribution in [-0.4, -0.2) is 23.6 Å². The molecule has 1 fully saturated rings. The SMILES string of the molecule is CCc1cc2c(OCC3CCCC3)nc(NC)nc2s1. The first-order chi connectivity index (χ1) is 9.80. The van der Waals surface area contributed by atoms with E-state index in [1.165, 1.54) is 30.6 Å². The van der Waals surface area contributed by atoms with Crippen LogP contribution in [0, 0.1) is 5.92 Å². The van der Waals surface area contributed by atoms with E-state index in [2.05, 4.69) is 28.3 Å². The van der Waals surface area contributed by atoms with Gasteiger partial charge in [-0.25, -0.2) is 4.98 Å². The lowest BCUT2D eigenvalue weighted by molar-refractivity contribution is 0.246. The van der Waals surface area contributed by atoms with Gasteiger partial charge in [0.1, 0.15) is 4.83 Å². The summed E-state index contributed by atoms with van der Waals surface area (Å²) in [6.45, 7) is 2.95. The van der Waals surface area contributed by atoms with Gasteiger partial charge in [0.05, 0.1) is 12.0 Å². The molecule has 0 amide bonds. The third-order valence-electron chi connectivity index (χ3n) is 3.91. The summed E-state index contributed by atoms with van der Waals surface area (Å²) in [6, 6.07) is 2.17. The fourth-order valence-corrected chi connectivity index (χ4v) is 3.67. The van der Waals surface area contributed by atoms with E-state index in [1.54, 1.807) is 11.3 Å². The Morgan fingerprint density at radius 3 is 2.85 bits per heavy atom. The summed E-state index contributed by atoms with van der Waals surface area (Å²) in [5.74, 6) is 2.08. The van der Waals surface area contributed by atoms with Crippen molar-refractivity contribution in [2.75, 3.05) is 19.0 Å². The summed E-state index contributed by atoms with van der Waals surface area (Å²) in [7, 11) is 1.84. The molecule has 20 heavy (non-hydrogen) atoms. The minimum Gasteiger partial charge on any atom is -0.477 e. The van der Waals surface area contributed by atoms with E-state index >= 15 is 0 Å². The number of hydrogen-bond acceptors (Lipinski definition) is 5. The van der Waals surface area contributed by atoms with Crippen molar-refractivity contribution in [3.05, 3.63) is 10.9 Å². The molecule has 1 aliphatic carbocycles. The molecule has 0 aromatic carbocycles. The topological polar surface area (TPSA) is 47.0 Å². The second-order valence-electron chi connectivity index (χ2n) is 5.35. The molecule has 2 aromatic heterocycles. The number of anilines is 1. The van der Waals surface area contributed by atoms with Crippen LogP contribution in [0.3, 0.4) is 0 Å². The highest BCUT2D eigenvalue weighted by molar-refractivity contribution is 7.18. The van der Waals surface area contributed by atoms with E-state index in [0.29, 0.717) is 11.9 Å². The van der Waals surface area contributed by atoms with E-state index in [4.69, 9.17) is 4.74 Å². The first-order valence-electron chi connectivity index (χ1n) is 7.41. The van der Waals surface area contributed by atoms with Crippen molar-refractivity contribution >= 4 is 27.5 Å². The summed E-state index contributed by atoms with van der Waals surface area (Å²) >= 11 is 1.73. The van der Waals surface area contributed by atoms with Crippen molar-refractivity contribution in [2.45, 2.75) is 39.0 Å². The van der Waals surface area contributed by atoms with Crippen LogP contribution in [0.5, 0.6) is 5.88 Å². The summed E-state index contributed by atoms with van der Waals surface area (Å²) in [4.78, 5) is 11.4. The maximum absolute atomic E-state index is 6.02. The zero-order chi connectivity index (χ0) is 13.9. The Hall–Kier alpha value is -1.36. The molecule has 0 radical (unpaired) electrons. The van der Waals surface area contributed by atoms with Gasteiger partial charge in [-0.15, -0.1) is 11.3 Å². The zero-order valence-corrected chi connectivity index (χ0v) is 12.9. The number of aromatic nitrogens is 2. The molecule has 0 aliphatic heterocycles. The van der Waals surface area contributed by atoms with Gasteiger partial charge in [-0.05, 0) is 31.2 Å². The fraction of sp³-hybridized carbons (Fsp3) is 0.600. The molecule has 2 aromatic rings. The number of fused-ring (bicyclic) bond motifs is 1. The highest BCUT2D eigenvalue weighted by atomic mass is 32.1. The molecule has 3 rings (SSSR count). The van der Waals surface area contributed by atoms with Crippen LogP contribution in [0.2, 0.25) is 0 Å². The van der Waals surface area contributed by atoms with Gasteiger partial charge in [0, 0.05) is 11.9 Å². The van der Waals surface area contributed by atoms with E-state index in [0.717, 1.165) is 29.1 Å². The number of rotatable bonds is 5. The van der Waals surface area contributed by atoms with Gasteiger partial charge >= 0.3 is 0 Å². The molecule has 0 unspecified atom stereocenters. The van der Waals surface area contributed by atoms with Gasteiger partial charge in [0.25, 0.3) is 0 Å². The van der Waals surface area contributed by atoms with Crippen LogP contribution in [0.25, 0.3) is 10.2 Å². The summed E-state index contributed by atoms with van der Waals surface area (Å²) in [5, 5.41) is 4.08. The second-order valence-corrected chi connectivity index (χ2v) is 6.46. The maximum Gasteiger partial charge on any atom is 0.227 e. The Morgan fingerprint density at radius 2 is 2.15 bits per heavy atom. The second kappa shape index (κ2) is 5.95. The third kappa shape index (κ3) is 2.73. The molecule has 1 saturated carbocycles. The molecule has 2 heterocycles. The number of nitrogens with one attached hydrogen (secondary N) is 1. The lowest BCUT2D eigenvalue weighted by Crippen LogP contribution is -2.10. The van der Waals surface area contributed by atoms with Crippen molar-refractivity contribution in [3.63, 3.8) is 0 Å². The van der Waals surface area contributed by atoms with E-state index in [-0.39, 0.29) is 0 Å². The average molecular weight is 291 g/mol. The van der Waals surface area contributed by atoms with Crippen molar-refractivity contribution in [3.8, 4) is 5.88 Å². The highest BCUT2D eigenvalue weighted by Gasteiger charge is 2.18. The molecule has 4 nitrogen and oxygen atoms in total. The molecule has 0 atom stereocenters. The predicted octanol–water partition coefficient (Wildman–Crippen LogP) is 3.86. The molecule has 5 heteroatoms. The van der Waals surface area contributed by atoms with E-state index in [1.807, 2.05) is 7.05 Å². The van der Waals surface area contributed by atoms with Gasteiger partial charge in [-0.1, -0.05) is 19.8 Å². The Labute approximate surface area is 123 Å². The first-order valence-corrected chi connectivity index (χ1v) is 8.22. The highest BCUT2D eigenvalue weighted by Crippen LogP contribution is 2.33. The number of ether oxygens (including phenoxy) is 1. The summed E-state index contributed by atoms with van der Waals surface area (Å²) in [5.41, 5.74) is 0. The normalized spacial score (nSPS) is 15.9. The van der Waals surface area contributed by atoms with Crippen molar-refractivity contribution < 1.29 is 4.74 Å². The van der Waals surface area contributed by atoms with Crippen LogP contribution in [0.15, 0.2) is 6.07 Å². The molecular formula is C15H21N3OS. The van der Waals surface area contributed by atoms with Crippen LogP contribution in [0.1, 0.15) is 37.5 Å². The minimum absolute atomic E-state index is 0.642. The molecule has 0 bridgehead atoms. The van der Waals surface area contributed by atoms with Crippen LogP contribution in [-0.2, 0) is 6.42 Å². The van der Waals surface area contributed by atoms with Crippen LogP contribution >= 0.6 is 11.3 Å². The minimum atomic E-state index is 0.642. The summed E-state index contributed by atoms with van der Waals surface area (Å²) < 4.78 is 6.02. The van der Waals surface area contributed by atoms with Gasteiger partial charge < -0.3 is 10.1 Å². The Morgan fingerprint density at radius 1 is 1.35 bits per heavy atom. The van der Waals surface area contributed by atoms with Gasteiger partial charge in [0.15, 0.2) is 0 Å². The number of thiophene rings is 1. The lowest BCUT2D eigenvalue weighted by Gasteiger charge is -2.11. The van der Waals surface area contributed by atoms with Gasteiger partial charge in [-0.2, -0.15) is 4.98 Å². The molecule has 108 valence electrons. The zero-order valence-electron chi connectivity index (χ0n) is 12.1. The summed E-state index contributed by atoms with van der Waals surface area (Å²) in [6.07, 6.45) is 6.28. The first kappa shape index (κ1) is 13.6. The Balaban J connectivity index is 1.87. The average Bonchev–Trinajstić information content (AvgIpc) is 3.12. The number of aryl methyl sites for hydroxylation is 1. The van der Waals surface area contributed by atoms with Crippen LogP contribution in [0.4, 0.5) is 5.95 Å². The van der Waals surface area contributed by atoms with E-state index in [9.17, 15) is 0 Å². The van der Waals surface area contributed by atoms with E-state index < -0.39 is 0 Å². The Bertz CT molecular complexity index is 590. The molecule has 0 spiro atoms. The number of nitrogens with zero attached hydrogens (tertiary/aromatic N) is 2. The van der Waals surface area contributed by atoms with Gasteiger partial charge in [-0.3, -0.25) is 0 Å². The predicted molar refractivity (Wildman–Crippen MR) is 83.8 cm³/mol. The smallest absolute Gasteiger partial charge is 0.227 e. The molecule has 1 N–H and O–H groups in total. The number of hydrogen-bond donors (Lipinski definition) is 1. The largest absolute Gasteiger partial charge is 0.477 e. The van der Waals surface area contributed by atoms with Crippen molar-refractivity contribution in [1.82, 2.24) is 9.97 Å². The monoisotopic (exact) mass is 291 g/mol. The van der Waals surface area contributed by atoms with Crippen molar-refractivity contribution in [2.24, 2.45) is 5.92 Å². The Kier molecular flexibility index (Phi) is 4.05. The maximum atomic E-state index is 6.02.